The summed E-state index contributed by atoms with van der Waals surface area (Å²) < 4.78 is 33.2. The van der Waals surface area contributed by atoms with Crippen LogP contribution < -0.4 is 9.62 Å². The normalized spacial score (nSPS) is 16.1. The van der Waals surface area contributed by atoms with Gasteiger partial charge in [-0.15, -0.1) is 0 Å². The number of aryl methyl sites for hydroxylation is 1. The molecule has 31 heavy (non-hydrogen) atoms. The summed E-state index contributed by atoms with van der Waals surface area (Å²) in [5, 5.41) is 4.04. The van der Waals surface area contributed by atoms with Crippen LogP contribution in [-0.2, 0) is 10.0 Å². The highest BCUT2D eigenvalue weighted by molar-refractivity contribution is 7.89. The molecule has 1 saturated heterocycles. The van der Waals surface area contributed by atoms with Gasteiger partial charge in [-0.1, -0.05) is 35.7 Å². The molecule has 1 aromatic heterocycles. The van der Waals surface area contributed by atoms with Crippen molar-refractivity contribution in [2.24, 2.45) is 0 Å². The van der Waals surface area contributed by atoms with Crippen LogP contribution in [0.4, 0.5) is 5.69 Å². The molecule has 2 aromatic carbocycles. The van der Waals surface area contributed by atoms with E-state index in [0.29, 0.717) is 5.82 Å². The van der Waals surface area contributed by atoms with Gasteiger partial charge in [-0.3, -0.25) is 0 Å². The zero-order chi connectivity index (χ0) is 21.8. The Morgan fingerprint density at radius 2 is 1.61 bits per heavy atom. The van der Waals surface area contributed by atoms with E-state index in [2.05, 4.69) is 31.9 Å². The average molecular weight is 441 g/mol. The molecule has 0 aliphatic carbocycles. The number of anilines is 1. The molecule has 1 N–H and O–H groups in total. The van der Waals surface area contributed by atoms with Crippen LogP contribution >= 0.6 is 0 Å². The van der Waals surface area contributed by atoms with Crippen molar-refractivity contribution in [3.8, 4) is 11.4 Å². The largest absolute Gasteiger partial charge is 0.372 e. The van der Waals surface area contributed by atoms with Gasteiger partial charge in [0, 0.05) is 24.3 Å². The average Bonchev–Trinajstić information content (AvgIpc) is 3.10. The van der Waals surface area contributed by atoms with Gasteiger partial charge in [-0.2, -0.15) is 9.71 Å². The van der Waals surface area contributed by atoms with Gasteiger partial charge < -0.3 is 9.42 Å². The Balaban J connectivity index is 1.45. The maximum absolute atomic E-state index is 12.6. The molecule has 0 amide bonds. The summed E-state index contributed by atoms with van der Waals surface area (Å²) in [6.45, 7) is 5.77. The molecule has 7 nitrogen and oxygen atoms in total. The molecule has 4 rings (SSSR count). The van der Waals surface area contributed by atoms with Gasteiger partial charge in [0.15, 0.2) is 0 Å². The van der Waals surface area contributed by atoms with Gasteiger partial charge in [0.2, 0.25) is 21.7 Å². The minimum atomic E-state index is -3.68. The van der Waals surface area contributed by atoms with Crippen LogP contribution in [0.1, 0.15) is 50.1 Å². The maximum atomic E-state index is 12.6. The molecule has 0 radical (unpaired) electrons. The standard InChI is InChI=1S/C23H28N4O3S/c1-17-7-13-21(14-8-17)31(28,29)26-18(2)23-24-22(25-30-23)19-9-11-20(12-10-19)27-15-5-3-4-6-16-27/h7-14,18,26H,3-6,15-16H2,1-2H3/t18-/m0/s1. The van der Waals surface area contributed by atoms with E-state index in [1.54, 1.807) is 31.2 Å². The third-order valence-electron chi connectivity index (χ3n) is 5.57. The molecule has 0 unspecified atom stereocenters. The number of benzene rings is 2. The van der Waals surface area contributed by atoms with E-state index in [4.69, 9.17) is 4.52 Å². The molecule has 1 atom stereocenters. The first-order valence-corrected chi connectivity index (χ1v) is 12.2. The van der Waals surface area contributed by atoms with Crippen molar-refractivity contribution in [1.29, 1.82) is 0 Å². The summed E-state index contributed by atoms with van der Waals surface area (Å²) in [7, 11) is -3.68. The summed E-state index contributed by atoms with van der Waals surface area (Å²) >= 11 is 0. The van der Waals surface area contributed by atoms with Gasteiger partial charge in [0.1, 0.15) is 0 Å². The SMILES string of the molecule is Cc1ccc(S(=O)(=O)N[C@@H](C)c2nc(-c3ccc(N4CCCCCC4)cc3)no2)cc1. The molecule has 1 aliphatic heterocycles. The summed E-state index contributed by atoms with van der Waals surface area (Å²) in [6, 6.07) is 14.2. The molecule has 8 heteroatoms. The number of aromatic nitrogens is 2. The molecular weight excluding hydrogens is 412 g/mol. The zero-order valence-electron chi connectivity index (χ0n) is 17.9. The molecule has 164 valence electrons. The Morgan fingerprint density at radius 3 is 2.26 bits per heavy atom. The number of hydrogen-bond donors (Lipinski definition) is 1. The van der Waals surface area contributed by atoms with Crippen molar-refractivity contribution in [3.05, 3.63) is 60.0 Å². The molecule has 1 fully saturated rings. The summed E-state index contributed by atoms with van der Waals surface area (Å²) in [5.41, 5.74) is 3.03. The third kappa shape index (κ3) is 5.14. The number of nitrogens with zero attached hydrogens (tertiary/aromatic N) is 3. The quantitative estimate of drug-likeness (QED) is 0.609. The second kappa shape index (κ2) is 9.20. The summed E-state index contributed by atoms with van der Waals surface area (Å²) in [4.78, 5) is 7.03. The molecule has 0 saturated carbocycles. The molecular formula is C23H28N4O3S. The van der Waals surface area contributed by atoms with E-state index in [9.17, 15) is 8.42 Å². The fourth-order valence-electron chi connectivity index (χ4n) is 3.75. The summed E-state index contributed by atoms with van der Waals surface area (Å²) in [6.07, 6.45) is 5.05. The third-order valence-corrected chi connectivity index (χ3v) is 7.13. The van der Waals surface area contributed by atoms with Crippen molar-refractivity contribution in [2.45, 2.75) is 50.5 Å². The highest BCUT2D eigenvalue weighted by atomic mass is 32.2. The van der Waals surface area contributed by atoms with Crippen LogP contribution in [0.2, 0.25) is 0 Å². The minimum Gasteiger partial charge on any atom is -0.372 e. The summed E-state index contributed by atoms with van der Waals surface area (Å²) in [5.74, 6) is 0.668. The van der Waals surface area contributed by atoms with Gasteiger partial charge in [-0.05, 0) is 63.1 Å². The second-order valence-corrected chi connectivity index (χ2v) is 9.77. The molecule has 1 aliphatic rings. The fourth-order valence-corrected chi connectivity index (χ4v) is 4.94. The van der Waals surface area contributed by atoms with E-state index in [1.165, 1.54) is 31.4 Å². The highest BCUT2D eigenvalue weighted by Gasteiger charge is 2.23. The first-order chi connectivity index (χ1) is 14.9. The zero-order valence-corrected chi connectivity index (χ0v) is 18.7. The first kappa shape index (κ1) is 21.5. The lowest BCUT2D eigenvalue weighted by atomic mass is 10.2. The van der Waals surface area contributed by atoms with E-state index < -0.39 is 16.1 Å². The Labute approximate surface area is 183 Å². The molecule has 2 heterocycles. The maximum Gasteiger partial charge on any atom is 0.244 e. The molecule has 0 spiro atoms. The van der Waals surface area contributed by atoms with Gasteiger partial charge in [-0.25, -0.2) is 8.42 Å². The van der Waals surface area contributed by atoms with Crippen molar-refractivity contribution in [3.63, 3.8) is 0 Å². The Hall–Kier alpha value is -2.71. The van der Waals surface area contributed by atoms with Crippen LogP contribution in [-0.4, -0.2) is 31.6 Å². The van der Waals surface area contributed by atoms with Crippen molar-refractivity contribution >= 4 is 15.7 Å². The molecule has 0 bridgehead atoms. The van der Waals surface area contributed by atoms with Crippen molar-refractivity contribution in [2.75, 3.05) is 18.0 Å². The first-order valence-electron chi connectivity index (χ1n) is 10.7. The number of hydrogen-bond acceptors (Lipinski definition) is 6. The van der Waals surface area contributed by atoms with E-state index in [-0.39, 0.29) is 10.8 Å². The van der Waals surface area contributed by atoms with Crippen LogP contribution in [0.3, 0.4) is 0 Å². The monoisotopic (exact) mass is 440 g/mol. The van der Waals surface area contributed by atoms with Crippen molar-refractivity contribution < 1.29 is 12.9 Å². The van der Waals surface area contributed by atoms with E-state index >= 15 is 0 Å². The van der Waals surface area contributed by atoms with Gasteiger partial charge >= 0.3 is 0 Å². The van der Waals surface area contributed by atoms with E-state index in [0.717, 1.165) is 24.2 Å². The predicted molar refractivity (Wildman–Crippen MR) is 120 cm³/mol. The van der Waals surface area contributed by atoms with Crippen LogP contribution in [0.25, 0.3) is 11.4 Å². The van der Waals surface area contributed by atoms with E-state index in [1.807, 2.05) is 19.1 Å². The predicted octanol–water partition coefficient (Wildman–Crippen LogP) is 4.46. The lowest BCUT2D eigenvalue weighted by Gasteiger charge is -2.22. The number of sulfonamides is 1. The highest BCUT2D eigenvalue weighted by Crippen LogP contribution is 2.25. The Bertz CT molecular complexity index is 1100. The smallest absolute Gasteiger partial charge is 0.244 e. The second-order valence-electron chi connectivity index (χ2n) is 8.06. The van der Waals surface area contributed by atoms with Crippen LogP contribution in [0.15, 0.2) is 57.9 Å². The Morgan fingerprint density at radius 1 is 0.968 bits per heavy atom. The fraction of sp³-hybridized carbons (Fsp3) is 0.391. The Kier molecular flexibility index (Phi) is 6.38. The van der Waals surface area contributed by atoms with Crippen LogP contribution in [0.5, 0.6) is 0 Å². The van der Waals surface area contributed by atoms with Crippen LogP contribution in [0, 0.1) is 6.92 Å². The topological polar surface area (TPSA) is 88.3 Å². The lowest BCUT2D eigenvalue weighted by molar-refractivity contribution is 0.354. The number of rotatable bonds is 6. The van der Waals surface area contributed by atoms with Gasteiger partial charge in [0.25, 0.3) is 0 Å². The molecule has 3 aromatic rings. The number of nitrogens with one attached hydrogen (secondary N) is 1. The minimum absolute atomic E-state index is 0.203. The van der Waals surface area contributed by atoms with Gasteiger partial charge in [0.05, 0.1) is 10.9 Å². The van der Waals surface area contributed by atoms with Crippen molar-refractivity contribution in [1.82, 2.24) is 14.9 Å². The lowest BCUT2D eigenvalue weighted by Crippen LogP contribution is -2.27.